The molecule has 8 rings (SSSR count). The molecule has 202 valence electrons. The molecule has 0 aliphatic rings. The van der Waals surface area contributed by atoms with Crippen molar-refractivity contribution in [2.24, 2.45) is 0 Å². The minimum Gasteiger partial charge on any atom is -0.255 e. The Morgan fingerprint density at radius 2 is 0.953 bits per heavy atom. The first-order valence-electron chi connectivity index (χ1n) is 14.3. The standard InChI is InChI=1S/C39H25N3S/c1-2-19-38-32(14-1)33-16-9-15-31(39(33)43-38)29-13-8-11-27(23-29)26-10-7-12-28(22-26)30-24-36(34-17-3-5-20-40-34)42-37(25-30)35-18-4-6-21-41-35/h1-25H. The number of nitrogens with zero attached hydrogens (tertiary/aromatic N) is 3. The zero-order chi connectivity index (χ0) is 28.6. The average Bonchev–Trinajstić information content (AvgIpc) is 3.48. The number of fused-ring (bicyclic) bond motifs is 3. The Hall–Kier alpha value is -5.45. The molecule has 0 amide bonds. The molecule has 0 aliphatic heterocycles. The lowest BCUT2D eigenvalue weighted by Crippen LogP contribution is -1.94. The molecule has 0 N–H and O–H groups in total. The van der Waals surface area contributed by atoms with Crippen LogP contribution in [0.15, 0.2) is 152 Å². The number of aromatic nitrogens is 3. The monoisotopic (exact) mass is 567 g/mol. The van der Waals surface area contributed by atoms with Crippen LogP contribution in [0.3, 0.4) is 0 Å². The molecule has 0 saturated heterocycles. The van der Waals surface area contributed by atoms with Gasteiger partial charge in [-0.05, 0) is 88.0 Å². The molecule has 4 aromatic heterocycles. The van der Waals surface area contributed by atoms with Crippen LogP contribution in [-0.2, 0) is 0 Å². The van der Waals surface area contributed by atoms with Crippen LogP contribution in [0, 0.1) is 0 Å². The fourth-order valence-corrected chi connectivity index (χ4v) is 6.95. The summed E-state index contributed by atoms with van der Waals surface area (Å²) in [6.07, 6.45) is 3.61. The summed E-state index contributed by atoms with van der Waals surface area (Å²) in [7, 11) is 0. The zero-order valence-electron chi connectivity index (χ0n) is 23.2. The van der Waals surface area contributed by atoms with Crippen LogP contribution >= 0.6 is 11.3 Å². The fraction of sp³-hybridized carbons (Fsp3) is 0. The Morgan fingerprint density at radius 3 is 1.63 bits per heavy atom. The van der Waals surface area contributed by atoms with E-state index in [-0.39, 0.29) is 0 Å². The number of hydrogen-bond donors (Lipinski definition) is 0. The van der Waals surface area contributed by atoms with Crippen molar-refractivity contribution in [1.82, 2.24) is 15.0 Å². The minimum absolute atomic E-state index is 0.822. The lowest BCUT2D eigenvalue weighted by atomic mass is 9.95. The van der Waals surface area contributed by atoms with Crippen molar-refractivity contribution in [2.45, 2.75) is 0 Å². The first kappa shape index (κ1) is 25.3. The van der Waals surface area contributed by atoms with E-state index in [1.54, 1.807) is 12.4 Å². The summed E-state index contributed by atoms with van der Waals surface area (Å²) in [5, 5.41) is 2.64. The summed E-state index contributed by atoms with van der Waals surface area (Å²) < 4.78 is 2.65. The molecule has 3 nitrogen and oxygen atoms in total. The summed E-state index contributed by atoms with van der Waals surface area (Å²) in [6.45, 7) is 0. The highest BCUT2D eigenvalue weighted by molar-refractivity contribution is 7.26. The van der Waals surface area contributed by atoms with Crippen molar-refractivity contribution in [3.8, 4) is 56.2 Å². The molecule has 0 fully saturated rings. The largest absolute Gasteiger partial charge is 0.255 e. The van der Waals surface area contributed by atoms with Crippen molar-refractivity contribution in [3.63, 3.8) is 0 Å². The van der Waals surface area contributed by atoms with Gasteiger partial charge in [-0.1, -0.05) is 84.9 Å². The van der Waals surface area contributed by atoms with E-state index in [9.17, 15) is 0 Å². The maximum Gasteiger partial charge on any atom is 0.0900 e. The molecule has 0 spiro atoms. The lowest BCUT2D eigenvalue weighted by Gasteiger charge is -2.11. The van der Waals surface area contributed by atoms with Gasteiger partial charge in [0.2, 0.25) is 0 Å². The van der Waals surface area contributed by atoms with Crippen LogP contribution in [0.4, 0.5) is 0 Å². The van der Waals surface area contributed by atoms with Crippen molar-refractivity contribution < 1.29 is 0 Å². The SMILES string of the molecule is c1ccc(-c2cc(-c3cccc(-c4cccc(-c5cccc6c5sc5ccccc56)c4)c3)cc(-c3ccccn3)n2)nc1. The van der Waals surface area contributed by atoms with Gasteiger partial charge in [-0.15, -0.1) is 11.3 Å². The maximum atomic E-state index is 4.94. The first-order valence-corrected chi connectivity index (χ1v) is 15.1. The summed E-state index contributed by atoms with van der Waals surface area (Å²) in [4.78, 5) is 14.1. The molecule has 4 heteroatoms. The van der Waals surface area contributed by atoms with E-state index in [0.717, 1.165) is 33.9 Å². The molecule has 4 heterocycles. The molecule has 4 aromatic carbocycles. The number of thiophene rings is 1. The van der Waals surface area contributed by atoms with Crippen molar-refractivity contribution in [1.29, 1.82) is 0 Å². The third kappa shape index (κ3) is 4.78. The van der Waals surface area contributed by atoms with Gasteiger partial charge in [0.15, 0.2) is 0 Å². The molecule has 0 radical (unpaired) electrons. The van der Waals surface area contributed by atoms with Gasteiger partial charge in [0.25, 0.3) is 0 Å². The number of hydrogen-bond acceptors (Lipinski definition) is 4. The quantitative estimate of drug-likeness (QED) is 0.208. The fourth-order valence-electron chi connectivity index (χ4n) is 5.71. The Bertz CT molecular complexity index is 2180. The maximum absolute atomic E-state index is 4.94. The third-order valence-electron chi connectivity index (χ3n) is 7.79. The molecule has 8 aromatic rings. The van der Waals surface area contributed by atoms with Gasteiger partial charge in [-0.2, -0.15) is 0 Å². The molecule has 0 aliphatic carbocycles. The Labute approximate surface area is 253 Å². The zero-order valence-corrected chi connectivity index (χ0v) is 24.0. The minimum atomic E-state index is 0.822. The van der Waals surface area contributed by atoms with E-state index in [1.165, 1.54) is 42.4 Å². The number of benzene rings is 4. The van der Waals surface area contributed by atoms with Gasteiger partial charge in [-0.25, -0.2) is 4.98 Å². The van der Waals surface area contributed by atoms with Crippen LogP contribution in [0.25, 0.3) is 76.3 Å². The van der Waals surface area contributed by atoms with Crippen LogP contribution in [0.5, 0.6) is 0 Å². The van der Waals surface area contributed by atoms with Crippen molar-refractivity contribution in [2.75, 3.05) is 0 Å². The highest BCUT2D eigenvalue weighted by Gasteiger charge is 2.13. The van der Waals surface area contributed by atoms with Crippen LogP contribution in [0.2, 0.25) is 0 Å². The lowest BCUT2D eigenvalue weighted by molar-refractivity contribution is 1.22. The summed E-state index contributed by atoms with van der Waals surface area (Å²) in [5.74, 6) is 0. The Balaban J connectivity index is 1.22. The summed E-state index contributed by atoms with van der Waals surface area (Å²) >= 11 is 1.87. The molecule has 43 heavy (non-hydrogen) atoms. The Morgan fingerprint density at radius 1 is 0.395 bits per heavy atom. The molecule has 0 saturated carbocycles. The smallest absolute Gasteiger partial charge is 0.0900 e. The van der Waals surface area contributed by atoms with Crippen molar-refractivity contribution in [3.05, 3.63) is 152 Å². The molecule has 0 unspecified atom stereocenters. The van der Waals surface area contributed by atoms with Gasteiger partial charge in [0.05, 0.1) is 22.8 Å². The molecule has 0 atom stereocenters. The second kappa shape index (κ2) is 10.8. The third-order valence-corrected chi connectivity index (χ3v) is 9.01. The molecular weight excluding hydrogens is 543 g/mol. The number of rotatable bonds is 5. The summed E-state index contributed by atoms with van der Waals surface area (Å²) in [5.41, 5.74) is 10.3. The second-order valence-corrected chi connectivity index (χ2v) is 11.6. The van der Waals surface area contributed by atoms with E-state index in [1.807, 2.05) is 47.7 Å². The van der Waals surface area contributed by atoms with Crippen LogP contribution in [-0.4, -0.2) is 15.0 Å². The highest BCUT2D eigenvalue weighted by atomic mass is 32.1. The van der Waals surface area contributed by atoms with Gasteiger partial charge in [-0.3, -0.25) is 9.97 Å². The van der Waals surface area contributed by atoms with Crippen molar-refractivity contribution >= 4 is 31.5 Å². The van der Waals surface area contributed by atoms with Crippen LogP contribution in [0.1, 0.15) is 0 Å². The first-order chi connectivity index (χ1) is 21.3. The van der Waals surface area contributed by atoms with E-state index in [4.69, 9.17) is 4.98 Å². The van der Waals surface area contributed by atoms with Gasteiger partial charge < -0.3 is 0 Å². The van der Waals surface area contributed by atoms with Gasteiger partial charge in [0.1, 0.15) is 0 Å². The normalized spacial score (nSPS) is 11.3. The van der Waals surface area contributed by atoms with E-state index < -0.39 is 0 Å². The van der Waals surface area contributed by atoms with E-state index >= 15 is 0 Å². The second-order valence-electron chi connectivity index (χ2n) is 10.5. The number of pyridine rings is 3. The van der Waals surface area contributed by atoms with Gasteiger partial charge in [0, 0.05) is 32.6 Å². The van der Waals surface area contributed by atoms with E-state index in [2.05, 4.69) is 113 Å². The topological polar surface area (TPSA) is 38.7 Å². The molecule has 0 bridgehead atoms. The molecular formula is C39H25N3S. The predicted octanol–water partition coefficient (Wildman–Crippen LogP) is 10.6. The van der Waals surface area contributed by atoms with Gasteiger partial charge >= 0.3 is 0 Å². The van der Waals surface area contributed by atoms with E-state index in [0.29, 0.717) is 0 Å². The van der Waals surface area contributed by atoms with Crippen LogP contribution < -0.4 is 0 Å². The average molecular weight is 568 g/mol. The Kier molecular flexibility index (Phi) is 6.32. The highest BCUT2D eigenvalue weighted by Crippen LogP contribution is 2.40. The predicted molar refractivity (Wildman–Crippen MR) is 180 cm³/mol. The summed E-state index contributed by atoms with van der Waals surface area (Å²) in [6, 6.07) is 49.0.